The van der Waals surface area contributed by atoms with Gasteiger partial charge in [0.15, 0.2) is 5.65 Å². The van der Waals surface area contributed by atoms with Gasteiger partial charge in [-0.15, -0.1) is 5.10 Å². The number of hydrogen-bond acceptors (Lipinski definition) is 6. The Kier molecular flexibility index (Phi) is 4.99. The van der Waals surface area contributed by atoms with Crippen LogP contribution in [0.3, 0.4) is 0 Å². The summed E-state index contributed by atoms with van der Waals surface area (Å²) in [4.78, 5) is 21.0. The molecule has 2 N–H and O–H groups in total. The third-order valence-electron chi connectivity index (χ3n) is 5.72. The van der Waals surface area contributed by atoms with Gasteiger partial charge in [-0.2, -0.15) is 10.1 Å². The van der Waals surface area contributed by atoms with Gasteiger partial charge in [-0.25, -0.2) is 4.52 Å². The number of hydrogen-bond donors (Lipinski definition) is 2. The molecule has 34 heavy (non-hydrogen) atoms. The van der Waals surface area contributed by atoms with E-state index in [2.05, 4.69) is 30.6 Å². The van der Waals surface area contributed by atoms with E-state index >= 15 is 0 Å². The van der Waals surface area contributed by atoms with Crippen molar-refractivity contribution in [3.8, 4) is 28.3 Å². The number of H-pyrrole nitrogens is 1. The molecule has 1 aliphatic rings. The van der Waals surface area contributed by atoms with E-state index in [4.69, 9.17) is 4.74 Å². The fourth-order valence-electron chi connectivity index (χ4n) is 3.69. The first-order valence-electron chi connectivity index (χ1n) is 11.1. The third kappa shape index (κ3) is 4.11. The lowest BCUT2D eigenvalue weighted by Gasteiger charge is -2.08. The summed E-state index contributed by atoms with van der Waals surface area (Å²) in [6.45, 7) is 0.417. The molecule has 4 heterocycles. The second-order valence-corrected chi connectivity index (χ2v) is 8.23. The molecule has 0 unspecified atom stereocenters. The van der Waals surface area contributed by atoms with Crippen LogP contribution in [0.4, 0.5) is 5.95 Å². The number of nitrogens with one attached hydrogen (secondary N) is 2. The van der Waals surface area contributed by atoms with Gasteiger partial charge in [-0.1, -0.05) is 12.1 Å². The van der Waals surface area contributed by atoms with E-state index in [-0.39, 0.29) is 11.8 Å². The molecule has 0 saturated heterocycles. The second kappa shape index (κ2) is 8.43. The monoisotopic (exact) mass is 451 g/mol. The van der Waals surface area contributed by atoms with Gasteiger partial charge in [0.1, 0.15) is 12.4 Å². The van der Waals surface area contributed by atoms with Gasteiger partial charge in [0, 0.05) is 35.0 Å². The first-order chi connectivity index (χ1) is 16.7. The lowest BCUT2D eigenvalue weighted by molar-refractivity contribution is -0.117. The normalized spacial score (nSPS) is 13.2. The van der Waals surface area contributed by atoms with Crippen molar-refractivity contribution >= 4 is 17.5 Å². The Labute approximate surface area is 194 Å². The number of aromatic amines is 1. The summed E-state index contributed by atoms with van der Waals surface area (Å²) in [5.41, 5.74) is 5.30. The van der Waals surface area contributed by atoms with E-state index in [1.54, 1.807) is 10.7 Å². The van der Waals surface area contributed by atoms with Crippen LogP contribution in [0.25, 0.3) is 28.2 Å². The van der Waals surface area contributed by atoms with Crippen molar-refractivity contribution in [2.45, 2.75) is 19.4 Å². The number of ether oxygens (including phenoxy) is 1. The largest absolute Gasteiger partial charge is 0.489 e. The Morgan fingerprint density at radius 3 is 2.68 bits per heavy atom. The van der Waals surface area contributed by atoms with Crippen LogP contribution in [-0.2, 0) is 11.4 Å². The van der Waals surface area contributed by atoms with Crippen molar-refractivity contribution in [3.05, 3.63) is 78.8 Å². The van der Waals surface area contributed by atoms with Crippen LogP contribution < -0.4 is 10.1 Å². The van der Waals surface area contributed by atoms with E-state index in [9.17, 15) is 4.79 Å². The molecule has 1 saturated carbocycles. The molecule has 168 valence electrons. The molecule has 4 aromatic heterocycles. The quantitative estimate of drug-likeness (QED) is 0.385. The Morgan fingerprint density at radius 1 is 1.06 bits per heavy atom. The van der Waals surface area contributed by atoms with Crippen molar-refractivity contribution < 1.29 is 9.53 Å². The zero-order valence-electron chi connectivity index (χ0n) is 18.2. The molecule has 6 rings (SSSR count). The topological polar surface area (TPSA) is 110 Å². The van der Waals surface area contributed by atoms with Gasteiger partial charge in [-0.05, 0) is 55.3 Å². The van der Waals surface area contributed by atoms with Gasteiger partial charge in [0.05, 0.1) is 17.6 Å². The van der Waals surface area contributed by atoms with Crippen molar-refractivity contribution in [1.29, 1.82) is 0 Å². The highest BCUT2D eigenvalue weighted by atomic mass is 16.5. The van der Waals surface area contributed by atoms with Crippen LogP contribution in [-0.4, -0.2) is 35.7 Å². The summed E-state index contributed by atoms with van der Waals surface area (Å²) in [7, 11) is 0. The molecule has 1 aromatic carbocycles. The van der Waals surface area contributed by atoms with E-state index in [0.717, 1.165) is 46.7 Å². The lowest BCUT2D eigenvalue weighted by Crippen LogP contribution is -2.14. The van der Waals surface area contributed by atoms with E-state index in [0.29, 0.717) is 18.2 Å². The van der Waals surface area contributed by atoms with E-state index in [1.165, 1.54) is 0 Å². The Hall–Kier alpha value is -4.53. The number of fused-ring (bicyclic) bond motifs is 1. The molecule has 1 fully saturated rings. The molecule has 0 spiro atoms. The van der Waals surface area contributed by atoms with Crippen molar-refractivity contribution in [3.63, 3.8) is 0 Å². The molecule has 9 nitrogen and oxygen atoms in total. The van der Waals surface area contributed by atoms with Gasteiger partial charge in [0.25, 0.3) is 0 Å². The number of carbonyl (C=O) groups excluding carboxylic acids is 1. The first kappa shape index (κ1) is 20.1. The average Bonchev–Trinajstić information content (AvgIpc) is 3.42. The predicted molar refractivity (Wildman–Crippen MR) is 126 cm³/mol. The SMILES string of the molecule is O=C(Nc1nc2cccc(-c3ccc(OCc4ccc(-c5cn[nH]c5)nc4)cc3)n2n1)C1CC1. The number of carbonyl (C=O) groups is 1. The number of anilines is 1. The van der Waals surface area contributed by atoms with Crippen molar-refractivity contribution in [2.75, 3.05) is 5.32 Å². The lowest BCUT2D eigenvalue weighted by atomic mass is 10.1. The number of amides is 1. The van der Waals surface area contributed by atoms with Gasteiger partial charge in [0.2, 0.25) is 11.9 Å². The zero-order valence-corrected chi connectivity index (χ0v) is 18.2. The highest BCUT2D eigenvalue weighted by Gasteiger charge is 2.30. The van der Waals surface area contributed by atoms with Crippen molar-refractivity contribution in [1.82, 2.24) is 29.8 Å². The van der Waals surface area contributed by atoms with Crippen LogP contribution >= 0.6 is 0 Å². The minimum atomic E-state index is -0.00900. The maximum absolute atomic E-state index is 12.1. The van der Waals surface area contributed by atoms with Crippen LogP contribution in [0.5, 0.6) is 5.75 Å². The number of benzene rings is 1. The minimum absolute atomic E-state index is 0.00900. The number of pyridine rings is 2. The number of aromatic nitrogens is 6. The molecular formula is C25H21N7O2. The van der Waals surface area contributed by atoms with E-state index < -0.39 is 0 Å². The summed E-state index contributed by atoms with van der Waals surface area (Å²) in [6.07, 6.45) is 7.23. The Bertz CT molecular complexity index is 1440. The van der Waals surface area contributed by atoms with Gasteiger partial charge < -0.3 is 4.74 Å². The summed E-state index contributed by atoms with van der Waals surface area (Å²) >= 11 is 0. The molecule has 0 bridgehead atoms. The zero-order chi connectivity index (χ0) is 22.9. The van der Waals surface area contributed by atoms with Crippen LogP contribution in [0.1, 0.15) is 18.4 Å². The molecule has 1 aliphatic carbocycles. The van der Waals surface area contributed by atoms with Crippen LogP contribution in [0, 0.1) is 5.92 Å². The molecular weight excluding hydrogens is 430 g/mol. The predicted octanol–water partition coefficient (Wildman–Crippen LogP) is 4.11. The molecule has 0 radical (unpaired) electrons. The van der Waals surface area contributed by atoms with Crippen LogP contribution in [0.2, 0.25) is 0 Å². The highest BCUT2D eigenvalue weighted by Crippen LogP contribution is 2.30. The highest BCUT2D eigenvalue weighted by molar-refractivity contribution is 5.92. The molecule has 0 aliphatic heterocycles. The summed E-state index contributed by atoms with van der Waals surface area (Å²) in [6, 6.07) is 17.5. The molecule has 9 heteroatoms. The number of nitrogens with zero attached hydrogens (tertiary/aromatic N) is 5. The maximum atomic E-state index is 12.1. The summed E-state index contributed by atoms with van der Waals surface area (Å²) < 4.78 is 7.68. The fraction of sp³-hybridized carbons (Fsp3) is 0.160. The Morgan fingerprint density at radius 2 is 1.94 bits per heavy atom. The first-order valence-corrected chi connectivity index (χ1v) is 11.1. The van der Waals surface area contributed by atoms with Gasteiger partial charge in [-0.3, -0.25) is 20.2 Å². The number of rotatable bonds is 7. The average molecular weight is 451 g/mol. The minimum Gasteiger partial charge on any atom is -0.489 e. The fourth-order valence-corrected chi connectivity index (χ4v) is 3.69. The van der Waals surface area contributed by atoms with E-state index in [1.807, 2.05) is 67.0 Å². The smallest absolute Gasteiger partial charge is 0.249 e. The third-order valence-corrected chi connectivity index (χ3v) is 5.72. The van der Waals surface area contributed by atoms with Crippen molar-refractivity contribution in [2.24, 2.45) is 5.92 Å². The summed E-state index contributed by atoms with van der Waals surface area (Å²) in [5, 5.41) is 14.0. The van der Waals surface area contributed by atoms with Crippen LogP contribution in [0.15, 0.2) is 73.2 Å². The Balaban J connectivity index is 1.15. The summed E-state index contributed by atoms with van der Waals surface area (Å²) in [5.74, 6) is 1.18. The maximum Gasteiger partial charge on any atom is 0.249 e. The van der Waals surface area contributed by atoms with Gasteiger partial charge >= 0.3 is 0 Å². The standard InChI is InChI=1S/C25H21N7O2/c33-24(18-5-6-18)30-25-29-23-3-1-2-22(32(23)31-25)17-7-9-20(10-8-17)34-15-16-4-11-21(26-12-16)19-13-27-28-14-19/h1-4,7-14,18H,5-6,15H2,(H,27,28)(H,30,31,33). The molecule has 5 aromatic rings. The second-order valence-electron chi connectivity index (χ2n) is 8.23. The molecule has 0 atom stereocenters. The molecule has 1 amide bonds.